The Morgan fingerprint density at radius 2 is 1.71 bits per heavy atom. The summed E-state index contributed by atoms with van der Waals surface area (Å²) in [5.74, 6) is 0.819. The van der Waals surface area contributed by atoms with Crippen LogP contribution in [0.25, 0.3) is 5.69 Å². The number of hydrogen-bond donors (Lipinski definition) is 0. The van der Waals surface area contributed by atoms with Crippen molar-refractivity contribution in [3.63, 3.8) is 0 Å². The zero-order chi connectivity index (χ0) is 17.1. The van der Waals surface area contributed by atoms with Gasteiger partial charge in [0.15, 0.2) is 6.29 Å². The van der Waals surface area contributed by atoms with Gasteiger partial charge in [0.1, 0.15) is 12.4 Å². The Balaban J connectivity index is 1.75. The fraction of sp³-hybridized carbons (Fsp3) is 0.150. The number of aromatic nitrogens is 1. The van der Waals surface area contributed by atoms with Gasteiger partial charge in [-0.05, 0) is 61.9 Å². The number of carbonyl (C=O) groups excluding carboxylic acids is 1. The van der Waals surface area contributed by atoms with Crippen LogP contribution in [0.2, 0.25) is 0 Å². The Hall–Kier alpha value is -2.33. The van der Waals surface area contributed by atoms with Gasteiger partial charge in [0.05, 0.1) is 0 Å². The third-order valence-electron chi connectivity index (χ3n) is 4.01. The zero-order valence-electron chi connectivity index (χ0n) is 13.6. The van der Waals surface area contributed by atoms with Crippen LogP contribution in [-0.4, -0.2) is 10.9 Å². The van der Waals surface area contributed by atoms with Gasteiger partial charge in [-0.15, -0.1) is 0 Å². The summed E-state index contributed by atoms with van der Waals surface area (Å²) in [7, 11) is 0. The number of aryl methyl sites for hydroxylation is 1. The van der Waals surface area contributed by atoms with Gasteiger partial charge in [0.2, 0.25) is 0 Å². The van der Waals surface area contributed by atoms with Crippen LogP contribution >= 0.6 is 15.9 Å². The molecule has 0 unspecified atom stereocenters. The third kappa shape index (κ3) is 3.44. The molecule has 2 aromatic carbocycles. The largest absolute Gasteiger partial charge is 0.489 e. The van der Waals surface area contributed by atoms with E-state index >= 15 is 0 Å². The summed E-state index contributed by atoms with van der Waals surface area (Å²) in [6.07, 6.45) is 0.897. The van der Waals surface area contributed by atoms with Crippen molar-refractivity contribution >= 4 is 22.2 Å². The Kier molecular flexibility index (Phi) is 4.86. The minimum absolute atomic E-state index is 0.531. The summed E-state index contributed by atoms with van der Waals surface area (Å²) in [6, 6.07) is 17.9. The molecule has 122 valence electrons. The summed E-state index contributed by atoms with van der Waals surface area (Å²) in [4.78, 5) is 11.1. The molecule has 0 radical (unpaired) electrons. The molecular formula is C20H18BrNO2. The second-order valence-corrected chi connectivity index (χ2v) is 6.60. The SMILES string of the molecule is Cc1cc(C=O)c(C)n1-c1ccc(OCc2ccc(Br)cc2)cc1. The van der Waals surface area contributed by atoms with Crippen molar-refractivity contribution in [2.45, 2.75) is 20.5 Å². The van der Waals surface area contributed by atoms with Crippen LogP contribution in [0.3, 0.4) is 0 Å². The van der Waals surface area contributed by atoms with E-state index in [-0.39, 0.29) is 0 Å². The summed E-state index contributed by atoms with van der Waals surface area (Å²) < 4.78 is 8.96. The first-order valence-corrected chi connectivity index (χ1v) is 8.49. The molecule has 0 saturated carbocycles. The Labute approximate surface area is 150 Å². The van der Waals surface area contributed by atoms with Crippen LogP contribution in [0, 0.1) is 13.8 Å². The average molecular weight is 384 g/mol. The van der Waals surface area contributed by atoms with Crippen LogP contribution in [0.1, 0.15) is 27.3 Å². The number of nitrogens with zero attached hydrogens (tertiary/aromatic N) is 1. The lowest BCUT2D eigenvalue weighted by molar-refractivity contribution is 0.112. The van der Waals surface area contributed by atoms with Gasteiger partial charge in [-0.2, -0.15) is 0 Å². The molecule has 0 aliphatic carbocycles. The lowest BCUT2D eigenvalue weighted by atomic mass is 10.2. The Morgan fingerprint density at radius 3 is 2.29 bits per heavy atom. The molecule has 0 amide bonds. The third-order valence-corrected chi connectivity index (χ3v) is 4.54. The number of hydrogen-bond acceptors (Lipinski definition) is 2. The maximum absolute atomic E-state index is 11.1. The maximum Gasteiger partial charge on any atom is 0.151 e. The molecule has 0 bridgehead atoms. The minimum Gasteiger partial charge on any atom is -0.489 e. The van der Waals surface area contributed by atoms with E-state index in [4.69, 9.17) is 4.74 Å². The maximum atomic E-state index is 11.1. The number of benzene rings is 2. The number of aldehydes is 1. The molecule has 1 aromatic heterocycles. The van der Waals surface area contributed by atoms with Crippen LogP contribution in [0.4, 0.5) is 0 Å². The van der Waals surface area contributed by atoms with Gasteiger partial charge in [-0.1, -0.05) is 28.1 Å². The molecule has 0 aliphatic heterocycles. The van der Waals surface area contributed by atoms with E-state index in [0.29, 0.717) is 6.61 Å². The van der Waals surface area contributed by atoms with Crippen molar-refractivity contribution in [3.05, 3.63) is 81.6 Å². The van der Waals surface area contributed by atoms with E-state index in [0.717, 1.165) is 44.7 Å². The molecule has 0 atom stereocenters. The van der Waals surface area contributed by atoms with Crippen LogP contribution in [0.5, 0.6) is 5.75 Å². The first-order valence-electron chi connectivity index (χ1n) is 7.70. The zero-order valence-corrected chi connectivity index (χ0v) is 15.2. The highest BCUT2D eigenvalue weighted by Gasteiger charge is 2.10. The average Bonchev–Trinajstić information content (AvgIpc) is 2.89. The molecular weight excluding hydrogens is 366 g/mol. The van der Waals surface area contributed by atoms with E-state index in [9.17, 15) is 4.79 Å². The van der Waals surface area contributed by atoms with Crippen LogP contribution < -0.4 is 4.74 Å². The normalized spacial score (nSPS) is 10.6. The van der Waals surface area contributed by atoms with Gasteiger partial charge in [-0.3, -0.25) is 4.79 Å². The topological polar surface area (TPSA) is 31.2 Å². The summed E-state index contributed by atoms with van der Waals surface area (Å²) in [6.45, 7) is 4.48. The van der Waals surface area contributed by atoms with Crippen molar-refractivity contribution < 1.29 is 9.53 Å². The van der Waals surface area contributed by atoms with E-state index in [1.807, 2.05) is 68.4 Å². The van der Waals surface area contributed by atoms with E-state index in [1.54, 1.807) is 0 Å². The second kappa shape index (κ2) is 7.05. The lowest BCUT2D eigenvalue weighted by Crippen LogP contribution is -2.00. The van der Waals surface area contributed by atoms with E-state index in [1.165, 1.54) is 0 Å². The van der Waals surface area contributed by atoms with Crippen molar-refractivity contribution in [3.8, 4) is 11.4 Å². The van der Waals surface area contributed by atoms with Crippen molar-refractivity contribution in [1.29, 1.82) is 0 Å². The van der Waals surface area contributed by atoms with Crippen molar-refractivity contribution in [2.24, 2.45) is 0 Å². The minimum atomic E-state index is 0.531. The fourth-order valence-corrected chi connectivity index (χ4v) is 3.01. The van der Waals surface area contributed by atoms with Gasteiger partial charge in [0, 0.05) is 27.1 Å². The molecule has 1 heterocycles. The highest BCUT2D eigenvalue weighted by Crippen LogP contribution is 2.22. The quantitative estimate of drug-likeness (QED) is 0.563. The van der Waals surface area contributed by atoms with Crippen LogP contribution in [-0.2, 0) is 6.61 Å². The predicted molar refractivity (Wildman–Crippen MR) is 99.1 cm³/mol. The fourth-order valence-electron chi connectivity index (χ4n) is 2.74. The monoisotopic (exact) mass is 383 g/mol. The Morgan fingerprint density at radius 1 is 1.04 bits per heavy atom. The molecule has 0 aliphatic rings. The highest BCUT2D eigenvalue weighted by molar-refractivity contribution is 9.10. The van der Waals surface area contributed by atoms with Crippen LogP contribution in [0.15, 0.2) is 59.1 Å². The lowest BCUT2D eigenvalue weighted by Gasteiger charge is -2.11. The van der Waals surface area contributed by atoms with Gasteiger partial charge < -0.3 is 9.30 Å². The molecule has 24 heavy (non-hydrogen) atoms. The van der Waals surface area contributed by atoms with E-state index < -0.39 is 0 Å². The summed E-state index contributed by atoms with van der Waals surface area (Å²) >= 11 is 3.43. The standard InChI is InChI=1S/C20H18BrNO2/c1-14-11-17(12-23)15(2)22(14)19-7-9-20(10-8-19)24-13-16-3-5-18(21)6-4-16/h3-12H,13H2,1-2H3. The first kappa shape index (κ1) is 16.5. The molecule has 3 aromatic rings. The molecule has 0 fully saturated rings. The smallest absolute Gasteiger partial charge is 0.151 e. The highest BCUT2D eigenvalue weighted by atomic mass is 79.9. The van der Waals surface area contributed by atoms with Gasteiger partial charge in [0.25, 0.3) is 0 Å². The Bertz CT molecular complexity index is 849. The molecule has 3 rings (SSSR count). The predicted octanol–water partition coefficient (Wildman–Crippen LogP) is 5.25. The molecule has 0 saturated heterocycles. The number of ether oxygens (including phenoxy) is 1. The molecule has 4 heteroatoms. The first-order chi connectivity index (χ1) is 11.6. The van der Waals surface area contributed by atoms with Crippen molar-refractivity contribution in [1.82, 2.24) is 4.57 Å². The molecule has 3 nitrogen and oxygen atoms in total. The molecule has 0 N–H and O–H groups in total. The summed E-state index contributed by atoms with van der Waals surface area (Å²) in [5, 5.41) is 0. The van der Waals surface area contributed by atoms with Gasteiger partial charge >= 0.3 is 0 Å². The van der Waals surface area contributed by atoms with Gasteiger partial charge in [-0.25, -0.2) is 0 Å². The second-order valence-electron chi connectivity index (χ2n) is 5.69. The number of halogens is 1. The summed E-state index contributed by atoms with van der Waals surface area (Å²) in [5.41, 5.74) is 4.86. The van der Waals surface area contributed by atoms with E-state index in [2.05, 4.69) is 20.5 Å². The number of rotatable bonds is 5. The number of carbonyl (C=O) groups is 1. The van der Waals surface area contributed by atoms with Crippen molar-refractivity contribution in [2.75, 3.05) is 0 Å². The molecule has 0 spiro atoms.